The third kappa shape index (κ3) is 4.18. The summed E-state index contributed by atoms with van der Waals surface area (Å²) in [6.07, 6.45) is 0.286. The van der Waals surface area contributed by atoms with Gasteiger partial charge in [0.15, 0.2) is 11.5 Å². The highest BCUT2D eigenvalue weighted by molar-refractivity contribution is 5.72. The molecule has 0 aliphatic heterocycles. The second kappa shape index (κ2) is 5.94. The largest absolute Gasteiger partial charge is 0.504 e. The Bertz CT molecular complexity index is 423. The number of esters is 1. The fourth-order valence-corrected chi connectivity index (χ4v) is 1.09. The van der Waals surface area contributed by atoms with Crippen molar-refractivity contribution in [2.24, 2.45) is 0 Å². The average molecular weight is 236 g/mol. The van der Waals surface area contributed by atoms with E-state index in [9.17, 15) is 9.90 Å². The quantitative estimate of drug-likeness (QED) is 0.485. The van der Waals surface area contributed by atoms with Gasteiger partial charge in [0.25, 0.3) is 0 Å². The van der Waals surface area contributed by atoms with Crippen LogP contribution in [0.15, 0.2) is 30.4 Å². The molecule has 0 atom stereocenters. The highest BCUT2D eigenvalue weighted by Crippen LogP contribution is 2.30. The van der Waals surface area contributed by atoms with Crippen LogP contribution in [0.25, 0.3) is 0 Å². The van der Waals surface area contributed by atoms with Gasteiger partial charge < -0.3 is 14.6 Å². The van der Waals surface area contributed by atoms with Gasteiger partial charge in [-0.15, -0.1) is 0 Å². The summed E-state index contributed by atoms with van der Waals surface area (Å²) in [6, 6.07) is 4.47. The molecule has 92 valence electrons. The van der Waals surface area contributed by atoms with E-state index in [4.69, 9.17) is 9.47 Å². The lowest BCUT2D eigenvalue weighted by molar-refractivity contribution is -0.134. The van der Waals surface area contributed by atoms with Gasteiger partial charge >= 0.3 is 5.97 Å². The van der Waals surface area contributed by atoms with Gasteiger partial charge in [0.1, 0.15) is 12.4 Å². The predicted octanol–water partition coefficient (Wildman–Crippen LogP) is 2.66. The Balaban J connectivity index is 2.72. The van der Waals surface area contributed by atoms with Crippen molar-refractivity contribution < 1.29 is 19.4 Å². The molecular formula is C13H16O4. The summed E-state index contributed by atoms with van der Waals surface area (Å²) in [6.45, 7) is 7.56. The van der Waals surface area contributed by atoms with Crippen molar-refractivity contribution in [1.29, 1.82) is 0 Å². The molecule has 17 heavy (non-hydrogen) atoms. The molecule has 0 radical (unpaired) electrons. The van der Waals surface area contributed by atoms with E-state index in [1.54, 1.807) is 19.1 Å². The molecule has 1 rings (SSSR count). The number of benzene rings is 1. The molecular weight excluding hydrogens is 220 g/mol. The Morgan fingerprint density at radius 2 is 2.18 bits per heavy atom. The Labute approximate surface area is 100 Å². The van der Waals surface area contributed by atoms with Crippen LogP contribution >= 0.6 is 0 Å². The standard InChI is InChI=1S/C13H16O4/c1-4-13(15)17-10-5-6-12(11(14)7-10)16-8-9(2)3/h5-7,14H,2,4,8H2,1,3H3. The third-order valence-electron chi connectivity index (χ3n) is 1.92. The van der Waals surface area contributed by atoms with Crippen molar-refractivity contribution in [2.45, 2.75) is 20.3 Å². The van der Waals surface area contributed by atoms with Crippen LogP contribution in [0.2, 0.25) is 0 Å². The molecule has 0 spiro atoms. The number of phenols is 1. The van der Waals surface area contributed by atoms with Gasteiger partial charge in [-0.1, -0.05) is 13.5 Å². The summed E-state index contributed by atoms with van der Waals surface area (Å²) in [5.41, 5.74) is 0.853. The molecule has 0 aliphatic carbocycles. The highest BCUT2D eigenvalue weighted by Gasteiger charge is 2.07. The number of ether oxygens (including phenoxy) is 2. The Morgan fingerprint density at radius 3 is 2.71 bits per heavy atom. The first-order valence-electron chi connectivity index (χ1n) is 5.33. The monoisotopic (exact) mass is 236 g/mol. The van der Waals surface area contributed by atoms with Gasteiger partial charge in [-0.3, -0.25) is 4.79 Å². The van der Waals surface area contributed by atoms with E-state index in [2.05, 4.69) is 6.58 Å². The van der Waals surface area contributed by atoms with Gasteiger partial charge in [-0.2, -0.15) is 0 Å². The number of carbonyl (C=O) groups excluding carboxylic acids is 1. The van der Waals surface area contributed by atoms with Crippen molar-refractivity contribution >= 4 is 5.97 Å². The minimum Gasteiger partial charge on any atom is -0.504 e. The first-order chi connectivity index (χ1) is 8.02. The zero-order chi connectivity index (χ0) is 12.8. The number of rotatable bonds is 5. The average Bonchev–Trinajstić information content (AvgIpc) is 2.27. The molecule has 0 unspecified atom stereocenters. The van der Waals surface area contributed by atoms with E-state index >= 15 is 0 Å². The topological polar surface area (TPSA) is 55.8 Å². The van der Waals surface area contributed by atoms with Gasteiger partial charge in [0.2, 0.25) is 0 Å². The van der Waals surface area contributed by atoms with Gasteiger partial charge in [-0.05, 0) is 24.6 Å². The number of carbonyl (C=O) groups is 1. The van der Waals surface area contributed by atoms with E-state index < -0.39 is 0 Å². The summed E-state index contributed by atoms with van der Waals surface area (Å²) in [5.74, 6) is 0.231. The van der Waals surface area contributed by atoms with Crippen LogP contribution in [0, 0.1) is 0 Å². The molecule has 0 saturated carbocycles. The Morgan fingerprint density at radius 1 is 1.47 bits per heavy atom. The van der Waals surface area contributed by atoms with E-state index in [1.165, 1.54) is 6.07 Å². The Kier molecular flexibility index (Phi) is 4.57. The highest BCUT2D eigenvalue weighted by atomic mass is 16.5. The summed E-state index contributed by atoms with van der Waals surface area (Å²) < 4.78 is 10.2. The molecule has 0 fully saturated rings. The van der Waals surface area contributed by atoms with Gasteiger partial charge in [0, 0.05) is 12.5 Å². The maximum Gasteiger partial charge on any atom is 0.310 e. The number of hydrogen-bond donors (Lipinski definition) is 1. The maximum atomic E-state index is 11.0. The molecule has 4 nitrogen and oxygen atoms in total. The molecule has 0 amide bonds. The number of aromatic hydroxyl groups is 1. The Hall–Kier alpha value is -1.97. The van der Waals surface area contributed by atoms with E-state index in [0.717, 1.165) is 5.57 Å². The van der Waals surface area contributed by atoms with Crippen molar-refractivity contribution in [3.63, 3.8) is 0 Å². The van der Waals surface area contributed by atoms with Crippen LogP contribution in [0.5, 0.6) is 17.2 Å². The third-order valence-corrected chi connectivity index (χ3v) is 1.92. The predicted molar refractivity (Wildman–Crippen MR) is 64.3 cm³/mol. The lowest BCUT2D eigenvalue weighted by atomic mass is 10.3. The zero-order valence-corrected chi connectivity index (χ0v) is 10.0. The van der Waals surface area contributed by atoms with Crippen molar-refractivity contribution in [2.75, 3.05) is 6.61 Å². The number of hydrogen-bond acceptors (Lipinski definition) is 4. The molecule has 1 N–H and O–H groups in total. The van der Waals surface area contributed by atoms with Gasteiger partial charge in [-0.25, -0.2) is 0 Å². The lowest BCUT2D eigenvalue weighted by Gasteiger charge is -2.09. The summed E-state index contributed by atoms with van der Waals surface area (Å²) in [7, 11) is 0. The number of phenolic OH excluding ortho intramolecular Hbond substituents is 1. The van der Waals surface area contributed by atoms with Crippen LogP contribution in [0.3, 0.4) is 0 Å². The summed E-state index contributed by atoms with van der Waals surface area (Å²) >= 11 is 0. The fraction of sp³-hybridized carbons (Fsp3) is 0.308. The summed E-state index contributed by atoms with van der Waals surface area (Å²) in [4.78, 5) is 11.0. The maximum absolute atomic E-state index is 11.0. The van der Waals surface area contributed by atoms with Crippen LogP contribution < -0.4 is 9.47 Å². The van der Waals surface area contributed by atoms with Crippen LogP contribution in [0.4, 0.5) is 0 Å². The minimum atomic E-state index is -0.347. The van der Waals surface area contributed by atoms with Crippen LogP contribution in [-0.4, -0.2) is 17.7 Å². The second-order valence-corrected chi connectivity index (χ2v) is 3.70. The first-order valence-corrected chi connectivity index (χ1v) is 5.33. The normalized spacial score (nSPS) is 9.76. The molecule has 1 aromatic rings. The molecule has 0 aliphatic rings. The zero-order valence-electron chi connectivity index (χ0n) is 10.0. The molecule has 0 saturated heterocycles. The minimum absolute atomic E-state index is 0.0624. The van der Waals surface area contributed by atoms with E-state index in [1.807, 2.05) is 6.92 Å². The van der Waals surface area contributed by atoms with E-state index in [0.29, 0.717) is 18.1 Å². The SMILES string of the molecule is C=C(C)COc1ccc(OC(=O)CC)cc1O. The molecule has 1 aromatic carbocycles. The smallest absolute Gasteiger partial charge is 0.310 e. The van der Waals surface area contributed by atoms with Gasteiger partial charge in [0.05, 0.1) is 0 Å². The molecule has 4 heteroatoms. The second-order valence-electron chi connectivity index (χ2n) is 3.70. The molecule has 0 aromatic heterocycles. The van der Waals surface area contributed by atoms with E-state index in [-0.39, 0.29) is 18.1 Å². The van der Waals surface area contributed by atoms with Crippen molar-refractivity contribution in [3.05, 3.63) is 30.4 Å². The summed E-state index contributed by atoms with van der Waals surface area (Å²) in [5, 5.41) is 9.64. The molecule has 0 heterocycles. The fourth-order valence-electron chi connectivity index (χ4n) is 1.09. The lowest BCUT2D eigenvalue weighted by Crippen LogP contribution is -2.05. The van der Waals surface area contributed by atoms with Crippen molar-refractivity contribution in [1.82, 2.24) is 0 Å². The van der Waals surface area contributed by atoms with Crippen LogP contribution in [-0.2, 0) is 4.79 Å². The first kappa shape index (κ1) is 13.1. The van der Waals surface area contributed by atoms with Crippen molar-refractivity contribution in [3.8, 4) is 17.2 Å². The molecule has 0 bridgehead atoms. The van der Waals surface area contributed by atoms with Crippen LogP contribution in [0.1, 0.15) is 20.3 Å².